The summed E-state index contributed by atoms with van der Waals surface area (Å²) in [5.74, 6) is -1.04. The van der Waals surface area contributed by atoms with Crippen molar-refractivity contribution in [3.05, 3.63) is 0 Å². The summed E-state index contributed by atoms with van der Waals surface area (Å²) in [5.41, 5.74) is 0. The molecule has 1 rings (SSSR count). The van der Waals surface area contributed by atoms with Crippen LogP contribution in [0.15, 0.2) is 0 Å². The van der Waals surface area contributed by atoms with Crippen LogP contribution in [0.5, 0.6) is 0 Å². The summed E-state index contributed by atoms with van der Waals surface area (Å²) in [5, 5.41) is 11.8. The highest BCUT2D eigenvalue weighted by atomic mass is 16.4. The van der Waals surface area contributed by atoms with Crippen LogP contribution in [0.2, 0.25) is 0 Å². The molecule has 0 aromatic heterocycles. The number of rotatable bonds is 3. The summed E-state index contributed by atoms with van der Waals surface area (Å²) in [6.45, 7) is 6.57. The molecule has 5 nitrogen and oxygen atoms in total. The lowest BCUT2D eigenvalue weighted by atomic mass is 10.1. The Bertz CT molecular complexity index is 278. The van der Waals surface area contributed by atoms with E-state index in [1.54, 1.807) is 4.90 Å². The van der Waals surface area contributed by atoms with Gasteiger partial charge in [-0.3, -0.25) is 9.59 Å². The molecule has 16 heavy (non-hydrogen) atoms. The van der Waals surface area contributed by atoms with Crippen LogP contribution in [-0.2, 0) is 9.59 Å². The third-order valence-electron chi connectivity index (χ3n) is 2.87. The number of hydrogen-bond donors (Lipinski definition) is 2. The lowest BCUT2D eigenvalue weighted by Gasteiger charge is -2.27. The van der Waals surface area contributed by atoms with E-state index in [-0.39, 0.29) is 24.4 Å². The zero-order valence-corrected chi connectivity index (χ0v) is 10.1. The highest BCUT2D eigenvalue weighted by molar-refractivity contribution is 5.86. The maximum Gasteiger partial charge on any atom is 0.305 e. The molecule has 2 N–H and O–H groups in total. The Hall–Kier alpha value is -1.10. The molecule has 2 atom stereocenters. The van der Waals surface area contributed by atoms with Gasteiger partial charge in [0.15, 0.2) is 0 Å². The first kappa shape index (κ1) is 13.0. The molecule has 1 heterocycles. The molecular weight excluding hydrogens is 208 g/mol. The highest BCUT2D eigenvalue weighted by Gasteiger charge is 2.31. The summed E-state index contributed by atoms with van der Waals surface area (Å²) in [7, 11) is 0. The van der Waals surface area contributed by atoms with Gasteiger partial charge in [-0.1, -0.05) is 0 Å². The average Bonchev–Trinajstić information content (AvgIpc) is 2.26. The van der Waals surface area contributed by atoms with Crippen LogP contribution in [0.25, 0.3) is 0 Å². The second-order valence-electron chi connectivity index (χ2n) is 4.63. The normalized spacial score (nSPS) is 27.0. The van der Waals surface area contributed by atoms with Crippen LogP contribution >= 0.6 is 0 Å². The predicted octanol–water partition coefficient (Wildman–Crippen LogP) is 0.449. The Morgan fingerprint density at radius 2 is 2.25 bits per heavy atom. The molecule has 2 unspecified atom stereocenters. The number of carbonyl (C=O) groups is 2. The molecule has 92 valence electrons. The fraction of sp³-hybridized carbons (Fsp3) is 0.818. The smallest absolute Gasteiger partial charge is 0.305 e. The van der Waals surface area contributed by atoms with Gasteiger partial charge in [0, 0.05) is 18.6 Å². The predicted molar refractivity (Wildman–Crippen MR) is 60.1 cm³/mol. The molecule has 0 saturated carbocycles. The van der Waals surface area contributed by atoms with Crippen molar-refractivity contribution in [1.82, 2.24) is 10.2 Å². The molecule has 1 aliphatic rings. The Balaban J connectivity index is 2.79. The number of nitrogens with one attached hydrogen (secondary N) is 1. The van der Waals surface area contributed by atoms with E-state index in [1.807, 2.05) is 20.8 Å². The van der Waals surface area contributed by atoms with Crippen molar-refractivity contribution in [2.24, 2.45) is 0 Å². The van der Waals surface area contributed by atoms with Crippen molar-refractivity contribution in [3.8, 4) is 0 Å². The highest BCUT2D eigenvalue weighted by Crippen LogP contribution is 2.12. The second kappa shape index (κ2) is 5.30. The summed E-state index contributed by atoms with van der Waals surface area (Å²) in [4.78, 5) is 24.5. The Morgan fingerprint density at radius 3 is 2.75 bits per heavy atom. The van der Waals surface area contributed by atoms with Gasteiger partial charge in [-0.2, -0.15) is 0 Å². The molecular formula is C11H20N2O3. The minimum atomic E-state index is -0.941. The van der Waals surface area contributed by atoms with Crippen LogP contribution in [0.1, 0.15) is 33.6 Å². The first-order valence-corrected chi connectivity index (χ1v) is 5.70. The zero-order chi connectivity index (χ0) is 12.3. The quantitative estimate of drug-likeness (QED) is 0.735. The molecule has 0 aromatic rings. The monoisotopic (exact) mass is 228 g/mol. The van der Waals surface area contributed by atoms with E-state index in [0.717, 1.165) is 6.42 Å². The lowest BCUT2D eigenvalue weighted by molar-refractivity contribution is -0.143. The van der Waals surface area contributed by atoms with Gasteiger partial charge in [-0.15, -0.1) is 0 Å². The van der Waals surface area contributed by atoms with Crippen LogP contribution in [-0.4, -0.2) is 46.6 Å². The third kappa shape index (κ3) is 3.20. The average molecular weight is 228 g/mol. The van der Waals surface area contributed by atoms with Gasteiger partial charge in [-0.05, 0) is 27.2 Å². The Morgan fingerprint density at radius 1 is 1.62 bits per heavy atom. The number of aliphatic carboxylic acids is 1. The van der Waals surface area contributed by atoms with E-state index < -0.39 is 12.0 Å². The van der Waals surface area contributed by atoms with Crippen molar-refractivity contribution >= 4 is 11.9 Å². The van der Waals surface area contributed by atoms with Gasteiger partial charge >= 0.3 is 5.97 Å². The van der Waals surface area contributed by atoms with E-state index in [0.29, 0.717) is 6.54 Å². The molecule has 5 heteroatoms. The Labute approximate surface area is 95.8 Å². The fourth-order valence-corrected chi connectivity index (χ4v) is 1.97. The van der Waals surface area contributed by atoms with Gasteiger partial charge in [0.25, 0.3) is 0 Å². The number of carbonyl (C=O) groups excluding carboxylic acids is 1. The Kier molecular flexibility index (Phi) is 4.29. The maximum atomic E-state index is 12.1. The third-order valence-corrected chi connectivity index (χ3v) is 2.87. The van der Waals surface area contributed by atoms with E-state index in [4.69, 9.17) is 5.11 Å². The summed E-state index contributed by atoms with van der Waals surface area (Å²) >= 11 is 0. The van der Waals surface area contributed by atoms with Crippen LogP contribution in [0, 0.1) is 0 Å². The van der Waals surface area contributed by atoms with Gasteiger partial charge in [-0.25, -0.2) is 0 Å². The van der Waals surface area contributed by atoms with Gasteiger partial charge in [0.05, 0.1) is 12.5 Å². The van der Waals surface area contributed by atoms with Crippen LogP contribution in [0.4, 0.5) is 0 Å². The molecule has 0 bridgehead atoms. The standard InChI is InChI=1S/C11H20N2O3/c1-7(2)13-5-4-8(3)12-9(11(13)16)6-10(14)15/h7-9,12H,4-6H2,1-3H3,(H,14,15). The van der Waals surface area contributed by atoms with Gasteiger partial charge in [0.2, 0.25) is 5.91 Å². The van der Waals surface area contributed by atoms with Gasteiger partial charge < -0.3 is 15.3 Å². The zero-order valence-electron chi connectivity index (χ0n) is 10.1. The van der Waals surface area contributed by atoms with Crippen molar-refractivity contribution in [2.45, 2.75) is 51.7 Å². The van der Waals surface area contributed by atoms with Crippen molar-refractivity contribution in [2.75, 3.05) is 6.54 Å². The second-order valence-corrected chi connectivity index (χ2v) is 4.63. The van der Waals surface area contributed by atoms with Crippen LogP contribution < -0.4 is 5.32 Å². The molecule has 0 aliphatic carbocycles. The molecule has 1 fully saturated rings. The molecule has 0 radical (unpaired) electrons. The molecule has 1 saturated heterocycles. The van der Waals surface area contributed by atoms with E-state index in [1.165, 1.54) is 0 Å². The summed E-state index contributed by atoms with van der Waals surface area (Å²) in [6, 6.07) is -0.287. The number of carboxylic acid groups (broad SMARTS) is 1. The SMILES string of the molecule is CC1CCN(C(C)C)C(=O)C(CC(=O)O)N1. The number of nitrogens with zero attached hydrogens (tertiary/aromatic N) is 1. The number of hydrogen-bond acceptors (Lipinski definition) is 3. The summed E-state index contributed by atoms with van der Waals surface area (Å²) in [6.07, 6.45) is 0.715. The first-order chi connectivity index (χ1) is 7.41. The minimum Gasteiger partial charge on any atom is -0.481 e. The first-order valence-electron chi connectivity index (χ1n) is 5.70. The minimum absolute atomic E-state index is 0.0956. The maximum absolute atomic E-state index is 12.1. The van der Waals surface area contributed by atoms with E-state index in [2.05, 4.69) is 5.32 Å². The molecule has 1 amide bonds. The van der Waals surface area contributed by atoms with Crippen molar-refractivity contribution < 1.29 is 14.7 Å². The lowest BCUT2D eigenvalue weighted by Crippen LogP contribution is -2.48. The molecule has 0 aromatic carbocycles. The topological polar surface area (TPSA) is 69.6 Å². The summed E-state index contributed by atoms with van der Waals surface area (Å²) < 4.78 is 0. The van der Waals surface area contributed by atoms with Crippen LogP contribution in [0.3, 0.4) is 0 Å². The fourth-order valence-electron chi connectivity index (χ4n) is 1.97. The number of amides is 1. The largest absolute Gasteiger partial charge is 0.481 e. The van der Waals surface area contributed by atoms with Crippen molar-refractivity contribution in [3.63, 3.8) is 0 Å². The van der Waals surface area contributed by atoms with E-state index >= 15 is 0 Å². The van der Waals surface area contributed by atoms with E-state index in [9.17, 15) is 9.59 Å². The van der Waals surface area contributed by atoms with Crippen molar-refractivity contribution in [1.29, 1.82) is 0 Å². The molecule has 0 spiro atoms. The van der Waals surface area contributed by atoms with Gasteiger partial charge in [0.1, 0.15) is 0 Å². The number of carboxylic acids is 1. The molecule has 1 aliphatic heterocycles.